The van der Waals surface area contributed by atoms with Crippen LogP contribution in [0.3, 0.4) is 0 Å². The summed E-state index contributed by atoms with van der Waals surface area (Å²) in [6.45, 7) is 4.89. The molecule has 0 aromatic carbocycles. The highest BCUT2D eigenvalue weighted by Gasteiger charge is 2.50. The first-order valence-electron chi connectivity index (χ1n) is 6.43. The van der Waals surface area contributed by atoms with Gasteiger partial charge in [-0.3, -0.25) is 0 Å². The zero-order valence-electron chi connectivity index (χ0n) is 9.55. The Morgan fingerprint density at radius 2 is 1.36 bits per heavy atom. The van der Waals surface area contributed by atoms with E-state index in [1.807, 2.05) is 0 Å². The fraction of sp³-hybridized carbons (Fsp3) is 1.00. The number of nitrogens with one attached hydrogen (secondary N) is 1. The van der Waals surface area contributed by atoms with E-state index in [2.05, 4.69) is 18.1 Å². The third-order valence-electron chi connectivity index (χ3n) is 4.63. The van der Waals surface area contributed by atoms with Crippen molar-refractivity contribution < 1.29 is 0 Å². The Morgan fingerprint density at radius 3 is 1.71 bits per heavy atom. The number of rotatable bonds is 2. The van der Waals surface area contributed by atoms with Gasteiger partial charge in [-0.05, 0) is 56.3 Å². The lowest BCUT2D eigenvalue weighted by Gasteiger charge is -2.57. The van der Waals surface area contributed by atoms with Crippen LogP contribution in [0.25, 0.3) is 0 Å². The van der Waals surface area contributed by atoms with E-state index in [0.717, 1.165) is 17.8 Å². The van der Waals surface area contributed by atoms with Crippen LogP contribution in [-0.2, 0) is 0 Å². The van der Waals surface area contributed by atoms with Gasteiger partial charge in [-0.25, -0.2) is 0 Å². The van der Waals surface area contributed by atoms with Crippen LogP contribution in [0.2, 0.25) is 13.1 Å². The maximum atomic E-state index is 4.03. The Bertz CT molecular complexity index is 195. The summed E-state index contributed by atoms with van der Waals surface area (Å²) in [7, 11) is -0.579. The molecule has 14 heavy (non-hydrogen) atoms. The standard InChI is InChI=1S/C12H23NSi/c1-14(2)13-12-6-9-3-10(7-12)5-11(4-9)8-12/h9-11,13-14H,3-8H2,1-2H3. The molecule has 0 saturated heterocycles. The predicted octanol–water partition coefficient (Wildman–Crippen LogP) is 2.53. The lowest BCUT2D eigenvalue weighted by Crippen LogP contribution is -2.60. The fourth-order valence-corrected chi connectivity index (χ4v) is 6.48. The van der Waals surface area contributed by atoms with Crippen molar-refractivity contribution in [1.82, 2.24) is 4.98 Å². The van der Waals surface area contributed by atoms with E-state index in [4.69, 9.17) is 0 Å². The average Bonchev–Trinajstić information content (AvgIpc) is 1.96. The van der Waals surface area contributed by atoms with Crippen molar-refractivity contribution in [2.45, 2.75) is 57.2 Å². The third kappa shape index (κ3) is 1.47. The Morgan fingerprint density at radius 1 is 0.929 bits per heavy atom. The molecule has 0 aliphatic heterocycles. The maximum Gasteiger partial charge on any atom is 0.103 e. The smallest absolute Gasteiger partial charge is 0.103 e. The van der Waals surface area contributed by atoms with Gasteiger partial charge in [-0.2, -0.15) is 0 Å². The van der Waals surface area contributed by atoms with E-state index >= 15 is 0 Å². The van der Waals surface area contributed by atoms with Gasteiger partial charge in [0.2, 0.25) is 0 Å². The summed E-state index contributed by atoms with van der Waals surface area (Å²) in [4.78, 5) is 4.03. The van der Waals surface area contributed by atoms with Crippen molar-refractivity contribution >= 4 is 8.96 Å². The monoisotopic (exact) mass is 209 g/mol. The van der Waals surface area contributed by atoms with Gasteiger partial charge in [-0.1, -0.05) is 13.1 Å². The zero-order chi connectivity index (χ0) is 9.76. The summed E-state index contributed by atoms with van der Waals surface area (Å²) >= 11 is 0. The van der Waals surface area contributed by atoms with Crippen LogP contribution in [0.4, 0.5) is 0 Å². The molecule has 0 aromatic heterocycles. The van der Waals surface area contributed by atoms with Crippen molar-refractivity contribution in [3.8, 4) is 0 Å². The summed E-state index contributed by atoms with van der Waals surface area (Å²) < 4.78 is 0. The van der Waals surface area contributed by atoms with Crippen LogP contribution < -0.4 is 4.98 Å². The first-order chi connectivity index (χ1) is 6.65. The molecule has 4 aliphatic carbocycles. The highest BCUT2D eigenvalue weighted by molar-refractivity contribution is 6.53. The molecule has 0 amide bonds. The van der Waals surface area contributed by atoms with Crippen molar-refractivity contribution in [2.24, 2.45) is 17.8 Å². The minimum absolute atomic E-state index is 0.579. The molecule has 1 nitrogen and oxygen atoms in total. The lowest BCUT2D eigenvalue weighted by atomic mass is 9.53. The Balaban J connectivity index is 1.80. The SMILES string of the molecule is C[SiH](C)NC12CC3CC(CC(C3)C1)C2. The lowest BCUT2D eigenvalue weighted by molar-refractivity contribution is -0.00898. The van der Waals surface area contributed by atoms with Gasteiger partial charge in [0.05, 0.1) is 0 Å². The minimum atomic E-state index is -0.579. The summed E-state index contributed by atoms with van der Waals surface area (Å²) in [5.74, 6) is 3.30. The average molecular weight is 209 g/mol. The van der Waals surface area contributed by atoms with Gasteiger partial charge >= 0.3 is 0 Å². The first kappa shape index (κ1) is 9.41. The maximum absolute atomic E-state index is 4.03. The second kappa shape index (κ2) is 3.08. The highest BCUT2D eigenvalue weighted by Crippen LogP contribution is 2.55. The van der Waals surface area contributed by atoms with Gasteiger partial charge in [0.25, 0.3) is 0 Å². The molecule has 0 unspecified atom stereocenters. The van der Waals surface area contributed by atoms with Crippen molar-refractivity contribution in [3.05, 3.63) is 0 Å². The summed E-state index contributed by atoms with van der Waals surface area (Å²) in [5, 5.41) is 0. The fourth-order valence-electron chi connectivity index (χ4n) is 4.90. The first-order valence-corrected chi connectivity index (χ1v) is 9.32. The molecule has 0 radical (unpaired) electrons. The Kier molecular flexibility index (Phi) is 2.07. The molecule has 0 spiro atoms. The molecule has 1 N–H and O–H groups in total. The van der Waals surface area contributed by atoms with Gasteiger partial charge in [-0.15, -0.1) is 0 Å². The van der Waals surface area contributed by atoms with Crippen LogP contribution >= 0.6 is 0 Å². The van der Waals surface area contributed by atoms with Crippen molar-refractivity contribution in [3.63, 3.8) is 0 Å². The summed E-state index contributed by atoms with van der Waals surface area (Å²) in [6.07, 6.45) is 9.26. The van der Waals surface area contributed by atoms with Gasteiger partial charge in [0.15, 0.2) is 0 Å². The van der Waals surface area contributed by atoms with Crippen molar-refractivity contribution in [1.29, 1.82) is 0 Å². The van der Waals surface area contributed by atoms with E-state index in [1.54, 1.807) is 19.3 Å². The summed E-state index contributed by atoms with van der Waals surface area (Å²) in [6, 6.07) is 0. The van der Waals surface area contributed by atoms with Crippen LogP contribution in [0.15, 0.2) is 0 Å². The minimum Gasteiger partial charge on any atom is -0.335 e. The van der Waals surface area contributed by atoms with E-state index in [1.165, 1.54) is 19.3 Å². The normalized spacial score (nSPS) is 50.4. The Hall–Kier alpha value is 0.177. The molecular weight excluding hydrogens is 186 g/mol. The molecule has 4 rings (SSSR count). The topological polar surface area (TPSA) is 12.0 Å². The quantitative estimate of drug-likeness (QED) is 0.689. The van der Waals surface area contributed by atoms with Crippen LogP contribution in [0.5, 0.6) is 0 Å². The molecule has 4 aliphatic rings. The Labute approximate surface area is 89.3 Å². The van der Waals surface area contributed by atoms with E-state index < -0.39 is 8.96 Å². The van der Waals surface area contributed by atoms with E-state index in [0.29, 0.717) is 5.54 Å². The second-order valence-corrected chi connectivity index (χ2v) is 9.09. The predicted molar refractivity (Wildman–Crippen MR) is 62.9 cm³/mol. The number of hydrogen-bond donors (Lipinski definition) is 1. The van der Waals surface area contributed by atoms with Gasteiger partial charge in [0.1, 0.15) is 8.96 Å². The molecular formula is C12H23NSi. The van der Waals surface area contributed by atoms with Crippen molar-refractivity contribution in [2.75, 3.05) is 0 Å². The van der Waals surface area contributed by atoms with Gasteiger partial charge in [0, 0.05) is 5.54 Å². The molecule has 4 fully saturated rings. The summed E-state index contributed by atoms with van der Waals surface area (Å²) in [5.41, 5.74) is 0.634. The molecule has 0 heterocycles. The van der Waals surface area contributed by atoms with Crippen LogP contribution in [0, 0.1) is 17.8 Å². The number of hydrogen-bond acceptors (Lipinski definition) is 1. The second-order valence-electron chi connectivity index (χ2n) is 6.50. The molecule has 4 saturated carbocycles. The van der Waals surface area contributed by atoms with E-state index in [9.17, 15) is 0 Å². The molecule has 2 heteroatoms. The van der Waals surface area contributed by atoms with Gasteiger partial charge < -0.3 is 4.98 Å². The largest absolute Gasteiger partial charge is 0.335 e. The molecule has 80 valence electrons. The van der Waals surface area contributed by atoms with E-state index in [-0.39, 0.29) is 0 Å². The zero-order valence-corrected chi connectivity index (χ0v) is 10.7. The highest BCUT2D eigenvalue weighted by atomic mass is 28.3. The molecule has 0 atom stereocenters. The van der Waals surface area contributed by atoms with Crippen LogP contribution in [-0.4, -0.2) is 14.5 Å². The van der Waals surface area contributed by atoms with Crippen LogP contribution in [0.1, 0.15) is 38.5 Å². The molecule has 0 aromatic rings. The molecule has 4 bridgehead atoms. The third-order valence-corrected chi connectivity index (χ3v) is 5.82.